The third-order valence-electron chi connectivity index (χ3n) is 5.99. The largest absolute Gasteiger partial charge is 0.364 e. The Morgan fingerprint density at radius 1 is 0.897 bits per heavy atom. The van der Waals surface area contributed by atoms with Crippen LogP contribution in [0.4, 0.5) is 5.82 Å². The molecule has 198 valence electrons. The first-order valence-corrected chi connectivity index (χ1v) is 14.3. The van der Waals surface area contributed by atoms with Crippen LogP contribution in [0, 0.1) is 0 Å². The molecule has 0 aliphatic carbocycles. The third kappa shape index (κ3) is 5.93. The zero-order chi connectivity index (χ0) is 27.6. The molecule has 0 saturated carbocycles. The molecule has 0 aliphatic rings. The van der Waals surface area contributed by atoms with Crippen molar-refractivity contribution in [1.82, 2.24) is 19.7 Å². The Hall–Kier alpha value is -3.85. The maximum absolute atomic E-state index is 13.1. The highest BCUT2D eigenvalue weighted by molar-refractivity contribution is 7.89. The van der Waals surface area contributed by atoms with Crippen LogP contribution in [0.3, 0.4) is 0 Å². The molecule has 3 heterocycles. The van der Waals surface area contributed by atoms with Crippen LogP contribution in [0.1, 0.15) is 26.5 Å². The molecule has 0 unspecified atom stereocenters. The number of hydrogen-bond acceptors (Lipinski definition) is 6. The average molecular weight is 558 g/mol. The highest BCUT2D eigenvalue weighted by Crippen LogP contribution is 2.42. The standard InChI is InChI=1S/C30H28ClN5O2S/c1-30(2,3)36-39(37,38)23-16-21(17-32-19-23)26-25-14-9-13-24(20-10-5-4-6-11-20)27(25)29(35-28(26)31)34-18-22-12-7-8-15-33-22/h4-17,19,36H,18H2,1-3H3,(H,34,35). The van der Waals surface area contributed by atoms with Gasteiger partial charge in [0.05, 0.1) is 12.2 Å². The fourth-order valence-corrected chi connectivity index (χ4v) is 6.14. The molecule has 9 heteroatoms. The van der Waals surface area contributed by atoms with Crippen LogP contribution in [-0.2, 0) is 16.6 Å². The second-order valence-corrected chi connectivity index (χ2v) is 12.2. The number of nitrogens with zero attached hydrogens (tertiary/aromatic N) is 3. The number of halogens is 1. The van der Waals surface area contributed by atoms with Gasteiger partial charge in [-0.25, -0.2) is 18.1 Å². The Kier molecular flexibility index (Phi) is 7.36. The van der Waals surface area contributed by atoms with Gasteiger partial charge in [-0.15, -0.1) is 0 Å². The van der Waals surface area contributed by atoms with Crippen molar-refractivity contribution >= 4 is 38.2 Å². The Labute approximate surface area is 233 Å². The highest BCUT2D eigenvalue weighted by Gasteiger charge is 2.24. The Morgan fingerprint density at radius 3 is 2.38 bits per heavy atom. The summed E-state index contributed by atoms with van der Waals surface area (Å²) < 4.78 is 28.8. The Balaban J connectivity index is 1.70. The lowest BCUT2D eigenvalue weighted by atomic mass is 9.94. The summed E-state index contributed by atoms with van der Waals surface area (Å²) in [5.41, 5.74) is 3.35. The lowest BCUT2D eigenvalue weighted by Crippen LogP contribution is -2.40. The van der Waals surface area contributed by atoms with E-state index in [0.717, 1.165) is 27.6 Å². The number of anilines is 1. The van der Waals surface area contributed by atoms with E-state index in [1.54, 1.807) is 39.2 Å². The fraction of sp³-hybridized carbons (Fsp3) is 0.167. The zero-order valence-electron chi connectivity index (χ0n) is 21.8. The first kappa shape index (κ1) is 26.7. The molecule has 2 aromatic carbocycles. The van der Waals surface area contributed by atoms with E-state index in [-0.39, 0.29) is 10.0 Å². The number of sulfonamides is 1. The van der Waals surface area contributed by atoms with Gasteiger partial charge in [0.25, 0.3) is 0 Å². The van der Waals surface area contributed by atoms with Gasteiger partial charge < -0.3 is 5.32 Å². The van der Waals surface area contributed by atoms with E-state index in [1.807, 2.05) is 66.7 Å². The van der Waals surface area contributed by atoms with Gasteiger partial charge in [-0.05, 0) is 55.5 Å². The quantitative estimate of drug-likeness (QED) is 0.216. The van der Waals surface area contributed by atoms with Crippen molar-refractivity contribution in [1.29, 1.82) is 0 Å². The van der Waals surface area contributed by atoms with Crippen LogP contribution in [0.25, 0.3) is 33.0 Å². The fourth-order valence-electron chi connectivity index (χ4n) is 4.44. The molecule has 0 aliphatic heterocycles. The van der Waals surface area contributed by atoms with E-state index in [4.69, 9.17) is 16.6 Å². The van der Waals surface area contributed by atoms with E-state index in [0.29, 0.717) is 23.5 Å². The number of pyridine rings is 3. The van der Waals surface area contributed by atoms with Gasteiger partial charge in [-0.1, -0.05) is 66.2 Å². The Bertz CT molecular complexity index is 1740. The smallest absolute Gasteiger partial charge is 0.242 e. The van der Waals surface area contributed by atoms with Crippen LogP contribution < -0.4 is 10.0 Å². The summed E-state index contributed by atoms with van der Waals surface area (Å²) in [5.74, 6) is 0.606. The van der Waals surface area contributed by atoms with Gasteiger partial charge in [0.15, 0.2) is 0 Å². The maximum Gasteiger partial charge on any atom is 0.242 e. The topological polar surface area (TPSA) is 96.9 Å². The van der Waals surface area contributed by atoms with Gasteiger partial charge in [0.1, 0.15) is 15.9 Å². The number of aromatic nitrogens is 3. The molecule has 5 aromatic rings. The molecule has 2 N–H and O–H groups in total. The molecule has 0 radical (unpaired) electrons. The second-order valence-electron chi connectivity index (χ2n) is 10.2. The van der Waals surface area contributed by atoms with Crippen molar-refractivity contribution in [3.63, 3.8) is 0 Å². The maximum atomic E-state index is 13.1. The van der Waals surface area contributed by atoms with Gasteiger partial charge in [-0.2, -0.15) is 0 Å². The van der Waals surface area contributed by atoms with E-state index >= 15 is 0 Å². The number of fused-ring (bicyclic) bond motifs is 1. The zero-order valence-corrected chi connectivity index (χ0v) is 23.4. The second kappa shape index (κ2) is 10.7. The number of hydrogen-bond donors (Lipinski definition) is 2. The predicted octanol–water partition coefficient (Wildman–Crippen LogP) is 6.70. The van der Waals surface area contributed by atoms with Gasteiger partial charge in [0.2, 0.25) is 10.0 Å². The minimum Gasteiger partial charge on any atom is -0.364 e. The van der Waals surface area contributed by atoms with Crippen molar-refractivity contribution in [2.75, 3.05) is 5.32 Å². The molecule has 3 aromatic heterocycles. The first-order chi connectivity index (χ1) is 18.6. The van der Waals surface area contributed by atoms with Crippen molar-refractivity contribution < 1.29 is 8.42 Å². The number of rotatable bonds is 7. The minimum absolute atomic E-state index is 0.0516. The Morgan fingerprint density at radius 2 is 1.67 bits per heavy atom. The lowest BCUT2D eigenvalue weighted by Gasteiger charge is -2.21. The SMILES string of the molecule is CC(C)(C)NS(=O)(=O)c1cncc(-c2c(Cl)nc(NCc3ccccn3)c3c(-c4ccccc4)cccc23)c1. The summed E-state index contributed by atoms with van der Waals surface area (Å²) in [6.45, 7) is 5.82. The van der Waals surface area contributed by atoms with E-state index in [2.05, 4.69) is 20.0 Å². The van der Waals surface area contributed by atoms with Crippen molar-refractivity contribution in [2.24, 2.45) is 0 Å². The molecule has 0 amide bonds. The van der Waals surface area contributed by atoms with Crippen molar-refractivity contribution in [3.05, 3.63) is 102 Å². The minimum atomic E-state index is -3.81. The van der Waals surface area contributed by atoms with Crippen LogP contribution in [-0.4, -0.2) is 28.9 Å². The summed E-state index contributed by atoms with van der Waals surface area (Å²) in [6.07, 6.45) is 4.69. The third-order valence-corrected chi connectivity index (χ3v) is 7.99. The molecule has 0 fully saturated rings. The van der Waals surface area contributed by atoms with Crippen molar-refractivity contribution in [3.8, 4) is 22.3 Å². The van der Waals surface area contributed by atoms with Crippen LogP contribution in [0.15, 0.2) is 96.3 Å². The van der Waals surface area contributed by atoms with E-state index in [1.165, 1.54) is 6.20 Å². The molecular weight excluding hydrogens is 530 g/mol. The average Bonchev–Trinajstić information content (AvgIpc) is 2.91. The summed E-state index contributed by atoms with van der Waals surface area (Å²) in [6, 6.07) is 23.3. The molecule has 5 rings (SSSR count). The van der Waals surface area contributed by atoms with Crippen LogP contribution >= 0.6 is 11.6 Å². The van der Waals surface area contributed by atoms with E-state index in [9.17, 15) is 8.42 Å². The molecule has 0 spiro atoms. The molecule has 0 bridgehead atoms. The van der Waals surface area contributed by atoms with Gasteiger partial charge in [0, 0.05) is 40.6 Å². The van der Waals surface area contributed by atoms with Gasteiger partial charge >= 0.3 is 0 Å². The van der Waals surface area contributed by atoms with Crippen LogP contribution in [0.5, 0.6) is 0 Å². The lowest BCUT2D eigenvalue weighted by molar-refractivity contribution is 0.491. The van der Waals surface area contributed by atoms with Crippen LogP contribution in [0.2, 0.25) is 5.15 Å². The first-order valence-electron chi connectivity index (χ1n) is 12.4. The summed E-state index contributed by atoms with van der Waals surface area (Å²) in [7, 11) is -3.81. The summed E-state index contributed by atoms with van der Waals surface area (Å²) in [4.78, 5) is 13.5. The number of nitrogens with one attached hydrogen (secondary N) is 2. The summed E-state index contributed by atoms with van der Waals surface area (Å²) in [5, 5.41) is 5.33. The molecule has 0 atom stereocenters. The predicted molar refractivity (Wildman–Crippen MR) is 157 cm³/mol. The molecular formula is C30H28ClN5O2S. The summed E-state index contributed by atoms with van der Waals surface area (Å²) >= 11 is 6.84. The number of benzene rings is 2. The van der Waals surface area contributed by atoms with Gasteiger partial charge in [-0.3, -0.25) is 9.97 Å². The molecule has 0 saturated heterocycles. The highest BCUT2D eigenvalue weighted by atomic mass is 35.5. The monoisotopic (exact) mass is 557 g/mol. The molecule has 7 nitrogen and oxygen atoms in total. The van der Waals surface area contributed by atoms with E-state index < -0.39 is 15.6 Å². The van der Waals surface area contributed by atoms with Crippen molar-refractivity contribution in [2.45, 2.75) is 37.8 Å². The molecule has 39 heavy (non-hydrogen) atoms. The normalized spacial score (nSPS) is 12.0.